The van der Waals surface area contributed by atoms with Crippen LogP contribution in [0.1, 0.15) is 28.7 Å². The van der Waals surface area contributed by atoms with Gasteiger partial charge in [-0.2, -0.15) is 0 Å². The van der Waals surface area contributed by atoms with E-state index in [0.29, 0.717) is 19.5 Å². The summed E-state index contributed by atoms with van der Waals surface area (Å²) in [5.74, 6) is 1.52. The number of carbonyl (C=O) groups is 1. The highest BCUT2D eigenvalue weighted by molar-refractivity contribution is 5.73. The van der Waals surface area contributed by atoms with Crippen LogP contribution in [0.15, 0.2) is 12.3 Å². The number of urea groups is 1. The third kappa shape index (κ3) is 4.54. The molecule has 0 saturated carbocycles. The standard InChI is InChI=1S/C15H22N6O/c1-10-7-11(2)19-13(18-10)5-6-16-15(22)21(4)9-14-17-8-12(3)20-14/h7-8H,5-6,9H2,1-4H3,(H,16,22)(H,17,20). The number of imidazole rings is 1. The maximum absolute atomic E-state index is 12.0. The van der Waals surface area contributed by atoms with Crippen molar-refractivity contribution in [2.75, 3.05) is 13.6 Å². The molecule has 22 heavy (non-hydrogen) atoms. The largest absolute Gasteiger partial charge is 0.345 e. The second-order valence-electron chi connectivity index (χ2n) is 5.42. The highest BCUT2D eigenvalue weighted by Crippen LogP contribution is 2.01. The van der Waals surface area contributed by atoms with Crippen LogP contribution in [0.2, 0.25) is 0 Å². The number of hydrogen-bond acceptors (Lipinski definition) is 4. The molecule has 2 N–H and O–H groups in total. The zero-order valence-corrected chi connectivity index (χ0v) is 13.5. The van der Waals surface area contributed by atoms with Crippen LogP contribution >= 0.6 is 0 Å². The van der Waals surface area contributed by atoms with E-state index in [1.807, 2.05) is 26.8 Å². The van der Waals surface area contributed by atoms with Gasteiger partial charge in [0.2, 0.25) is 0 Å². The maximum atomic E-state index is 12.0. The van der Waals surface area contributed by atoms with E-state index in [9.17, 15) is 4.79 Å². The van der Waals surface area contributed by atoms with E-state index in [2.05, 4.69) is 25.3 Å². The lowest BCUT2D eigenvalue weighted by Gasteiger charge is -2.16. The van der Waals surface area contributed by atoms with Gasteiger partial charge in [-0.1, -0.05) is 0 Å². The molecule has 0 aromatic carbocycles. The fourth-order valence-electron chi connectivity index (χ4n) is 2.17. The molecule has 7 heteroatoms. The van der Waals surface area contributed by atoms with E-state index in [1.165, 1.54) is 0 Å². The molecule has 2 amide bonds. The fourth-order valence-corrected chi connectivity index (χ4v) is 2.17. The molecule has 0 aliphatic carbocycles. The summed E-state index contributed by atoms with van der Waals surface area (Å²) in [4.78, 5) is 29.6. The van der Waals surface area contributed by atoms with Gasteiger partial charge in [-0.3, -0.25) is 0 Å². The molecule has 0 aliphatic rings. The molecule has 0 atom stereocenters. The number of aromatic nitrogens is 4. The Morgan fingerprint density at radius 1 is 1.27 bits per heavy atom. The normalized spacial score (nSPS) is 10.5. The van der Waals surface area contributed by atoms with Crippen molar-refractivity contribution in [3.8, 4) is 0 Å². The Balaban J connectivity index is 1.79. The van der Waals surface area contributed by atoms with E-state index < -0.39 is 0 Å². The van der Waals surface area contributed by atoms with Crippen molar-refractivity contribution in [3.05, 3.63) is 41.0 Å². The highest BCUT2D eigenvalue weighted by Gasteiger charge is 2.10. The molecule has 2 aromatic rings. The van der Waals surface area contributed by atoms with Gasteiger partial charge < -0.3 is 15.2 Å². The summed E-state index contributed by atoms with van der Waals surface area (Å²) in [5, 5.41) is 2.86. The minimum Gasteiger partial charge on any atom is -0.345 e. The van der Waals surface area contributed by atoms with Gasteiger partial charge in [0.1, 0.15) is 11.6 Å². The van der Waals surface area contributed by atoms with E-state index in [0.717, 1.165) is 28.7 Å². The molecule has 0 aliphatic heterocycles. The molecular formula is C15H22N6O. The summed E-state index contributed by atoms with van der Waals surface area (Å²) >= 11 is 0. The first-order valence-electron chi connectivity index (χ1n) is 7.24. The minimum atomic E-state index is -0.140. The maximum Gasteiger partial charge on any atom is 0.317 e. The van der Waals surface area contributed by atoms with Crippen LogP contribution in [0.5, 0.6) is 0 Å². The number of hydrogen-bond donors (Lipinski definition) is 2. The minimum absolute atomic E-state index is 0.140. The van der Waals surface area contributed by atoms with Gasteiger partial charge in [0, 0.05) is 43.3 Å². The third-order valence-electron chi connectivity index (χ3n) is 3.14. The predicted molar refractivity (Wildman–Crippen MR) is 83.4 cm³/mol. The molecule has 2 heterocycles. The molecule has 0 unspecified atom stereocenters. The van der Waals surface area contributed by atoms with E-state index >= 15 is 0 Å². The quantitative estimate of drug-likeness (QED) is 0.876. The van der Waals surface area contributed by atoms with Crippen LogP contribution in [0.3, 0.4) is 0 Å². The molecule has 0 bridgehead atoms. The Labute approximate surface area is 130 Å². The summed E-state index contributed by atoms with van der Waals surface area (Å²) in [6.07, 6.45) is 2.36. The Bertz CT molecular complexity index is 631. The summed E-state index contributed by atoms with van der Waals surface area (Å²) in [6.45, 7) is 6.76. The number of nitrogens with zero attached hydrogens (tertiary/aromatic N) is 4. The lowest BCUT2D eigenvalue weighted by molar-refractivity contribution is 0.206. The first-order valence-corrected chi connectivity index (χ1v) is 7.24. The monoisotopic (exact) mass is 302 g/mol. The van der Waals surface area contributed by atoms with E-state index in [1.54, 1.807) is 18.1 Å². The lowest BCUT2D eigenvalue weighted by Crippen LogP contribution is -2.38. The molecule has 0 saturated heterocycles. The Hall–Kier alpha value is -2.44. The zero-order valence-electron chi connectivity index (χ0n) is 13.5. The molecule has 0 fully saturated rings. The second kappa shape index (κ2) is 7.02. The highest BCUT2D eigenvalue weighted by atomic mass is 16.2. The summed E-state index contributed by atoms with van der Waals surface area (Å²) in [7, 11) is 1.74. The molecule has 118 valence electrons. The molecule has 7 nitrogen and oxygen atoms in total. The number of carbonyl (C=O) groups excluding carboxylic acids is 1. The summed E-state index contributed by atoms with van der Waals surface area (Å²) in [5.41, 5.74) is 2.87. The number of H-pyrrole nitrogens is 1. The van der Waals surface area contributed by atoms with Crippen molar-refractivity contribution in [3.63, 3.8) is 0 Å². The Morgan fingerprint density at radius 3 is 2.55 bits per heavy atom. The fraction of sp³-hybridized carbons (Fsp3) is 0.467. The van der Waals surface area contributed by atoms with Crippen molar-refractivity contribution in [2.24, 2.45) is 0 Å². The number of nitrogens with one attached hydrogen (secondary N) is 2. The SMILES string of the molecule is Cc1cc(C)nc(CCNC(=O)N(C)Cc2ncc(C)[nH]2)n1. The number of rotatable bonds is 5. The van der Waals surface area contributed by atoms with Crippen molar-refractivity contribution < 1.29 is 4.79 Å². The van der Waals surface area contributed by atoms with Crippen LogP contribution in [-0.4, -0.2) is 44.5 Å². The lowest BCUT2D eigenvalue weighted by atomic mass is 10.3. The first-order chi connectivity index (χ1) is 10.4. The van der Waals surface area contributed by atoms with Crippen LogP contribution in [-0.2, 0) is 13.0 Å². The van der Waals surface area contributed by atoms with Crippen LogP contribution in [0.4, 0.5) is 4.79 Å². The number of amides is 2. The predicted octanol–water partition coefficient (Wildman–Crippen LogP) is 1.51. The Morgan fingerprint density at radius 2 is 1.95 bits per heavy atom. The third-order valence-corrected chi connectivity index (χ3v) is 3.14. The van der Waals surface area contributed by atoms with E-state index in [4.69, 9.17) is 0 Å². The van der Waals surface area contributed by atoms with Gasteiger partial charge in [0.25, 0.3) is 0 Å². The molecule has 2 rings (SSSR count). The zero-order chi connectivity index (χ0) is 16.1. The second-order valence-corrected chi connectivity index (χ2v) is 5.42. The first kappa shape index (κ1) is 15.9. The van der Waals surface area contributed by atoms with Gasteiger partial charge in [0.15, 0.2) is 0 Å². The van der Waals surface area contributed by atoms with Gasteiger partial charge >= 0.3 is 6.03 Å². The molecule has 2 aromatic heterocycles. The van der Waals surface area contributed by atoms with Crippen LogP contribution in [0, 0.1) is 20.8 Å². The number of aromatic amines is 1. The van der Waals surface area contributed by atoms with Crippen LogP contribution in [0.25, 0.3) is 0 Å². The van der Waals surface area contributed by atoms with Gasteiger partial charge in [0.05, 0.1) is 6.54 Å². The average molecular weight is 302 g/mol. The van der Waals surface area contributed by atoms with Crippen molar-refractivity contribution in [1.29, 1.82) is 0 Å². The van der Waals surface area contributed by atoms with Gasteiger partial charge in [-0.15, -0.1) is 0 Å². The number of aryl methyl sites for hydroxylation is 3. The van der Waals surface area contributed by atoms with Crippen molar-refractivity contribution in [2.45, 2.75) is 33.7 Å². The smallest absolute Gasteiger partial charge is 0.317 e. The Kier molecular flexibility index (Phi) is 5.08. The molecule has 0 spiro atoms. The van der Waals surface area contributed by atoms with Gasteiger partial charge in [-0.05, 0) is 26.8 Å². The summed E-state index contributed by atoms with van der Waals surface area (Å²) in [6, 6.07) is 1.79. The molecule has 0 radical (unpaired) electrons. The van der Waals surface area contributed by atoms with Crippen LogP contribution < -0.4 is 5.32 Å². The van der Waals surface area contributed by atoms with Gasteiger partial charge in [-0.25, -0.2) is 19.7 Å². The van der Waals surface area contributed by atoms with E-state index in [-0.39, 0.29) is 6.03 Å². The van der Waals surface area contributed by atoms with Crippen molar-refractivity contribution >= 4 is 6.03 Å². The topological polar surface area (TPSA) is 86.8 Å². The van der Waals surface area contributed by atoms with Crippen molar-refractivity contribution in [1.82, 2.24) is 30.2 Å². The average Bonchev–Trinajstić information content (AvgIpc) is 2.82. The summed E-state index contributed by atoms with van der Waals surface area (Å²) < 4.78 is 0. The molecular weight excluding hydrogens is 280 g/mol.